The van der Waals surface area contributed by atoms with E-state index in [4.69, 9.17) is 5.73 Å². The smallest absolute Gasteiger partial charge is 0.153 e. The second kappa shape index (κ2) is 6.87. The van der Waals surface area contributed by atoms with Crippen molar-refractivity contribution in [2.45, 2.75) is 52.1 Å². The molecule has 1 aliphatic heterocycles. The van der Waals surface area contributed by atoms with Gasteiger partial charge in [-0.05, 0) is 32.6 Å². The Kier molecular flexibility index (Phi) is 6.08. The molecule has 3 atom stereocenters. The summed E-state index contributed by atoms with van der Waals surface area (Å²) in [6.07, 6.45) is 3.42. The van der Waals surface area contributed by atoms with Crippen molar-refractivity contribution < 1.29 is 8.42 Å². The van der Waals surface area contributed by atoms with Crippen LogP contribution in [0, 0.1) is 5.92 Å². The molecule has 0 saturated carbocycles. The molecule has 1 aliphatic rings. The van der Waals surface area contributed by atoms with Crippen LogP contribution in [0.1, 0.15) is 40.0 Å². The average Bonchev–Trinajstić information content (AvgIpc) is 2.21. The van der Waals surface area contributed by atoms with Gasteiger partial charge in [-0.1, -0.05) is 13.3 Å². The maximum Gasteiger partial charge on any atom is 0.153 e. The second-order valence-corrected chi connectivity index (χ2v) is 8.20. The van der Waals surface area contributed by atoms with Gasteiger partial charge in [0, 0.05) is 25.2 Å². The molecule has 5 heteroatoms. The second-order valence-electron chi connectivity index (χ2n) is 5.97. The lowest BCUT2D eigenvalue weighted by molar-refractivity contribution is 0.191. The van der Waals surface area contributed by atoms with E-state index in [0.717, 1.165) is 13.0 Å². The van der Waals surface area contributed by atoms with Gasteiger partial charge < -0.3 is 5.73 Å². The molecule has 0 aromatic rings. The van der Waals surface area contributed by atoms with E-state index in [1.807, 2.05) is 13.8 Å². The number of hydrogen-bond acceptors (Lipinski definition) is 4. The van der Waals surface area contributed by atoms with Crippen molar-refractivity contribution in [1.82, 2.24) is 4.90 Å². The van der Waals surface area contributed by atoms with Crippen molar-refractivity contribution in [2.75, 3.05) is 24.6 Å². The van der Waals surface area contributed by atoms with Crippen LogP contribution in [0.15, 0.2) is 0 Å². The number of hydrogen-bond donors (Lipinski definition) is 1. The van der Waals surface area contributed by atoms with Gasteiger partial charge in [-0.3, -0.25) is 4.90 Å². The van der Waals surface area contributed by atoms with Gasteiger partial charge in [0.1, 0.15) is 0 Å². The van der Waals surface area contributed by atoms with Gasteiger partial charge in [0.2, 0.25) is 0 Å². The molecule has 0 amide bonds. The minimum absolute atomic E-state index is 0.166. The molecule has 1 rings (SSSR count). The van der Waals surface area contributed by atoms with Gasteiger partial charge in [0.15, 0.2) is 9.84 Å². The molecule has 1 fully saturated rings. The normalized spacial score (nSPS) is 27.9. The van der Waals surface area contributed by atoms with Gasteiger partial charge in [-0.15, -0.1) is 0 Å². The first kappa shape index (κ1) is 15.9. The van der Waals surface area contributed by atoms with Crippen LogP contribution in [0.5, 0.6) is 0 Å². The van der Waals surface area contributed by atoms with Gasteiger partial charge in [-0.25, -0.2) is 8.42 Å². The number of rotatable bonds is 6. The van der Waals surface area contributed by atoms with Crippen molar-refractivity contribution in [3.63, 3.8) is 0 Å². The summed E-state index contributed by atoms with van der Waals surface area (Å²) in [6.45, 7) is 8.02. The summed E-state index contributed by atoms with van der Waals surface area (Å²) >= 11 is 0. The fourth-order valence-corrected chi connectivity index (χ4v) is 4.21. The highest BCUT2D eigenvalue weighted by Crippen LogP contribution is 2.16. The van der Waals surface area contributed by atoms with Crippen LogP contribution in [0.2, 0.25) is 0 Å². The SMILES string of the molecule is CC(N)CCCC(C)CN1CCS(=O)(=O)CC1C. The largest absolute Gasteiger partial charge is 0.328 e. The summed E-state index contributed by atoms with van der Waals surface area (Å²) in [7, 11) is -2.79. The predicted octanol–water partition coefficient (Wildman–Crippen LogP) is 1.26. The lowest BCUT2D eigenvalue weighted by Crippen LogP contribution is -2.48. The molecule has 1 saturated heterocycles. The van der Waals surface area contributed by atoms with Crippen LogP contribution in [0.3, 0.4) is 0 Å². The topological polar surface area (TPSA) is 63.4 Å². The van der Waals surface area contributed by atoms with E-state index < -0.39 is 9.84 Å². The molecule has 2 N–H and O–H groups in total. The lowest BCUT2D eigenvalue weighted by Gasteiger charge is -2.35. The molecular weight excluding hydrogens is 248 g/mol. The third-order valence-electron chi connectivity index (χ3n) is 3.71. The first-order valence-electron chi connectivity index (χ1n) is 7.00. The molecule has 0 spiro atoms. The van der Waals surface area contributed by atoms with Crippen molar-refractivity contribution in [3.8, 4) is 0 Å². The zero-order chi connectivity index (χ0) is 13.8. The third-order valence-corrected chi connectivity index (χ3v) is 5.51. The van der Waals surface area contributed by atoms with E-state index >= 15 is 0 Å². The van der Waals surface area contributed by atoms with Gasteiger partial charge in [0.05, 0.1) is 11.5 Å². The zero-order valence-electron chi connectivity index (χ0n) is 11.9. The Labute approximate surface area is 112 Å². The Balaban J connectivity index is 2.30. The standard InChI is InChI=1S/C13H28N2O2S/c1-11(5-4-6-12(2)14)9-15-7-8-18(16,17)10-13(15)3/h11-13H,4-10,14H2,1-3H3. The molecule has 0 aliphatic carbocycles. The van der Waals surface area contributed by atoms with Crippen LogP contribution in [-0.2, 0) is 9.84 Å². The summed E-state index contributed by atoms with van der Waals surface area (Å²) in [5.41, 5.74) is 5.74. The molecule has 0 radical (unpaired) electrons. The number of nitrogens with zero attached hydrogens (tertiary/aromatic N) is 1. The molecule has 18 heavy (non-hydrogen) atoms. The molecule has 0 aromatic carbocycles. The highest BCUT2D eigenvalue weighted by molar-refractivity contribution is 7.91. The fourth-order valence-electron chi connectivity index (χ4n) is 2.58. The Hall–Kier alpha value is -0.130. The van der Waals surface area contributed by atoms with Crippen LogP contribution in [0.25, 0.3) is 0 Å². The minimum Gasteiger partial charge on any atom is -0.328 e. The number of sulfone groups is 1. The van der Waals surface area contributed by atoms with Crippen LogP contribution in [-0.4, -0.2) is 50.0 Å². The molecule has 108 valence electrons. The van der Waals surface area contributed by atoms with E-state index in [-0.39, 0.29) is 12.1 Å². The van der Waals surface area contributed by atoms with Crippen LogP contribution in [0.4, 0.5) is 0 Å². The van der Waals surface area contributed by atoms with Gasteiger partial charge in [-0.2, -0.15) is 0 Å². The average molecular weight is 276 g/mol. The first-order chi connectivity index (χ1) is 8.30. The summed E-state index contributed by atoms with van der Waals surface area (Å²) in [6, 6.07) is 0.455. The summed E-state index contributed by atoms with van der Waals surface area (Å²) in [5, 5.41) is 0. The van der Waals surface area contributed by atoms with E-state index in [1.54, 1.807) is 0 Å². The van der Waals surface area contributed by atoms with E-state index in [1.165, 1.54) is 12.8 Å². The third kappa shape index (κ3) is 5.67. The van der Waals surface area contributed by atoms with Crippen molar-refractivity contribution >= 4 is 9.84 Å². The quantitative estimate of drug-likeness (QED) is 0.793. The summed E-state index contributed by atoms with van der Waals surface area (Å²) in [5.74, 6) is 1.26. The lowest BCUT2D eigenvalue weighted by atomic mass is 10.0. The number of nitrogens with two attached hydrogens (primary N) is 1. The van der Waals surface area contributed by atoms with Crippen molar-refractivity contribution in [1.29, 1.82) is 0 Å². The highest BCUT2D eigenvalue weighted by Gasteiger charge is 2.28. The maximum absolute atomic E-state index is 11.5. The Bertz CT molecular complexity index is 341. The van der Waals surface area contributed by atoms with Crippen LogP contribution >= 0.6 is 0 Å². The molecule has 4 nitrogen and oxygen atoms in total. The Morgan fingerprint density at radius 3 is 2.56 bits per heavy atom. The first-order valence-corrected chi connectivity index (χ1v) is 8.82. The van der Waals surface area contributed by atoms with E-state index in [9.17, 15) is 8.42 Å². The van der Waals surface area contributed by atoms with Crippen molar-refractivity contribution in [2.24, 2.45) is 11.7 Å². The molecule has 0 aromatic heterocycles. The van der Waals surface area contributed by atoms with Crippen LogP contribution < -0.4 is 5.73 Å². The monoisotopic (exact) mass is 276 g/mol. The maximum atomic E-state index is 11.5. The van der Waals surface area contributed by atoms with Crippen molar-refractivity contribution in [3.05, 3.63) is 0 Å². The molecule has 3 unspecified atom stereocenters. The Morgan fingerprint density at radius 1 is 1.33 bits per heavy atom. The molecular formula is C13H28N2O2S. The van der Waals surface area contributed by atoms with E-state index in [2.05, 4.69) is 11.8 Å². The minimum atomic E-state index is -2.79. The highest BCUT2D eigenvalue weighted by atomic mass is 32.2. The Morgan fingerprint density at radius 2 is 2.00 bits per heavy atom. The van der Waals surface area contributed by atoms with E-state index in [0.29, 0.717) is 24.0 Å². The zero-order valence-corrected chi connectivity index (χ0v) is 12.7. The predicted molar refractivity (Wildman–Crippen MR) is 76.4 cm³/mol. The molecule has 0 bridgehead atoms. The fraction of sp³-hybridized carbons (Fsp3) is 1.00. The summed E-state index contributed by atoms with van der Waals surface area (Å²) < 4.78 is 23.0. The van der Waals surface area contributed by atoms with Gasteiger partial charge >= 0.3 is 0 Å². The summed E-state index contributed by atoms with van der Waals surface area (Å²) in [4.78, 5) is 2.32. The molecule has 1 heterocycles. The van der Waals surface area contributed by atoms with Gasteiger partial charge in [0.25, 0.3) is 0 Å².